The lowest BCUT2D eigenvalue weighted by molar-refractivity contribution is 0.572. The van der Waals surface area contributed by atoms with Crippen LogP contribution in [-0.4, -0.2) is 35.4 Å². The van der Waals surface area contributed by atoms with Gasteiger partial charge in [0.05, 0.1) is 5.69 Å². The van der Waals surface area contributed by atoms with Gasteiger partial charge in [0.15, 0.2) is 4.60 Å². The molecule has 2 rings (SSSR count). The van der Waals surface area contributed by atoms with E-state index in [-0.39, 0.29) is 9.63 Å². The van der Waals surface area contributed by atoms with Crippen LogP contribution in [0, 0.1) is 0 Å². The summed E-state index contributed by atoms with van der Waals surface area (Å²) in [6, 6.07) is 3.21. The monoisotopic (exact) mass is 331 g/mol. The summed E-state index contributed by atoms with van der Waals surface area (Å²) in [5, 5.41) is 7.33. The summed E-state index contributed by atoms with van der Waals surface area (Å²) in [6.45, 7) is 0. The maximum absolute atomic E-state index is 12.4. The quantitative estimate of drug-likeness (QED) is 0.830. The molecule has 0 N–H and O–H groups in total. The molecule has 0 radical (unpaired) electrons. The average molecular weight is 332 g/mol. The summed E-state index contributed by atoms with van der Waals surface area (Å²) in [5.74, 6) is 0. The summed E-state index contributed by atoms with van der Waals surface area (Å²) in [7, 11) is -0.732. The molecule has 0 aliphatic heterocycles. The predicted octanol–water partition coefficient (Wildman–Crippen LogP) is 0.798. The highest BCUT2D eigenvalue weighted by Crippen LogP contribution is 2.24. The van der Waals surface area contributed by atoms with Gasteiger partial charge in [0.25, 0.3) is 10.0 Å². The average Bonchev–Trinajstić information content (AvgIpc) is 2.69. The van der Waals surface area contributed by atoms with E-state index in [1.165, 1.54) is 31.2 Å². The number of rotatable bonds is 3. The number of hydrogen-bond acceptors (Lipinski definition) is 5. The van der Waals surface area contributed by atoms with Gasteiger partial charge in [0.1, 0.15) is 0 Å². The fourth-order valence-corrected chi connectivity index (χ4v) is 3.64. The van der Waals surface area contributed by atoms with Crippen molar-refractivity contribution in [3.05, 3.63) is 29.1 Å². The van der Waals surface area contributed by atoms with E-state index in [1.54, 1.807) is 12.1 Å². The topological polar surface area (TPSA) is 81.0 Å². The van der Waals surface area contributed by atoms with Gasteiger partial charge in [-0.15, -0.1) is 5.10 Å². The number of nitrogens with zero attached hydrogens (tertiary/aromatic N) is 5. The van der Waals surface area contributed by atoms with Gasteiger partial charge in [-0.3, -0.25) is 9.29 Å². The second-order valence-electron chi connectivity index (χ2n) is 3.49. The van der Waals surface area contributed by atoms with E-state index in [0.29, 0.717) is 5.69 Å². The third kappa shape index (κ3) is 2.10. The van der Waals surface area contributed by atoms with E-state index in [0.717, 1.165) is 4.31 Å². The number of sulfonamides is 1. The van der Waals surface area contributed by atoms with Crippen LogP contribution in [0.15, 0.2) is 34.2 Å². The highest BCUT2D eigenvalue weighted by atomic mass is 79.9. The first-order valence-corrected chi connectivity index (χ1v) is 7.12. The molecule has 2 aromatic heterocycles. The molecule has 0 unspecified atom stereocenters. The van der Waals surface area contributed by atoms with E-state index in [2.05, 4.69) is 31.2 Å². The Kier molecular flexibility index (Phi) is 3.35. The summed E-state index contributed by atoms with van der Waals surface area (Å²) in [6.07, 6.45) is 3.05. The molecule has 0 saturated heterocycles. The number of anilines is 1. The SMILES string of the molecule is CN(c1ccncc1)S(=O)(=O)c1c(Br)nnn1C. The van der Waals surface area contributed by atoms with Crippen LogP contribution in [0.1, 0.15) is 0 Å². The normalized spacial score (nSPS) is 11.5. The lowest BCUT2D eigenvalue weighted by Crippen LogP contribution is -2.28. The molecule has 0 saturated carbocycles. The van der Waals surface area contributed by atoms with Gasteiger partial charge in [-0.05, 0) is 28.1 Å². The predicted molar refractivity (Wildman–Crippen MR) is 68.5 cm³/mol. The zero-order valence-electron chi connectivity index (χ0n) is 9.65. The van der Waals surface area contributed by atoms with Crippen LogP contribution in [0.4, 0.5) is 5.69 Å². The zero-order valence-corrected chi connectivity index (χ0v) is 12.1. The van der Waals surface area contributed by atoms with Crippen molar-refractivity contribution in [1.82, 2.24) is 20.0 Å². The number of halogens is 1. The lowest BCUT2D eigenvalue weighted by Gasteiger charge is -2.18. The maximum atomic E-state index is 12.4. The maximum Gasteiger partial charge on any atom is 0.284 e. The minimum atomic E-state index is -3.71. The Labute approximate surface area is 113 Å². The van der Waals surface area contributed by atoms with Crippen LogP contribution in [-0.2, 0) is 17.1 Å². The second kappa shape index (κ2) is 4.65. The molecule has 0 aliphatic rings. The summed E-state index contributed by atoms with van der Waals surface area (Å²) in [5.41, 5.74) is 0.512. The van der Waals surface area contributed by atoms with Gasteiger partial charge in [0.2, 0.25) is 5.03 Å². The number of aromatic nitrogens is 4. The Morgan fingerprint density at radius 2 is 1.94 bits per heavy atom. The van der Waals surface area contributed by atoms with Crippen molar-refractivity contribution in [1.29, 1.82) is 0 Å². The lowest BCUT2D eigenvalue weighted by atomic mass is 10.4. The number of hydrogen-bond donors (Lipinski definition) is 0. The Balaban J connectivity index is 2.51. The van der Waals surface area contributed by atoms with E-state index in [9.17, 15) is 8.42 Å². The van der Waals surface area contributed by atoms with Gasteiger partial charge in [-0.2, -0.15) is 8.42 Å². The molecule has 18 heavy (non-hydrogen) atoms. The summed E-state index contributed by atoms with van der Waals surface area (Å²) < 4.78 is 27.4. The first-order valence-electron chi connectivity index (χ1n) is 4.88. The third-order valence-electron chi connectivity index (χ3n) is 2.37. The van der Waals surface area contributed by atoms with Crippen LogP contribution < -0.4 is 4.31 Å². The minimum Gasteiger partial charge on any atom is -0.268 e. The largest absolute Gasteiger partial charge is 0.284 e. The second-order valence-corrected chi connectivity index (χ2v) is 6.12. The van der Waals surface area contributed by atoms with E-state index in [1.807, 2.05) is 0 Å². The van der Waals surface area contributed by atoms with Crippen molar-refractivity contribution in [3.63, 3.8) is 0 Å². The minimum absolute atomic E-state index is 0.00168. The van der Waals surface area contributed by atoms with Crippen molar-refractivity contribution in [2.75, 3.05) is 11.4 Å². The Morgan fingerprint density at radius 3 is 2.44 bits per heavy atom. The molecule has 2 heterocycles. The first kappa shape index (κ1) is 13.0. The molecule has 0 bridgehead atoms. The van der Waals surface area contributed by atoms with E-state index in [4.69, 9.17) is 0 Å². The van der Waals surface area contributed by atoms with Gasteiger partial charge >= 0.3 is 0 Å². The molecule has 0 aliphatic carbocycles. The first-order chi connectivity index (χ1) is 8.44. The van der Waals surface area contributed by atoms with Gasteiger partial charge in [-0.1, -0.05) is 5.21 Å². The summed E-state index contributed by atoms with van der Waals surface area (Å²) in [4.78, 5) is 3.85. The fourth-order valence-electron chi connectivity index (χ4n) is 1.42. The molecular formula is C9H10BrN5O2S. The van der Waals surface area contributed by atoms with Gasteiger partial charge in [0, 0.05) is 26.5 Å². The molecule has 0 spiro atoms. The van der Waals surface area contributed by atoms with Crippen LogP contribution in [0.3, 0.4) is 0 Å². The van der Waals surface area contributed by atoms with Crippen molar-refractivity contribution in [3.8, 4) is 0 Å². The van der Waals surface area contributed by atoms with Crippen LogP contribution in [0.25, 0.3) is 0 Å². The standard InChI is InChI=1S/C9H10BrN5O2S/c1-14-9(8(10)12-13-14)18(16,17)15(2)7-3-5-11-6-4-7/h3-6H,1-2H3. The molecule has 2 aromatic rings. The smallest absolute Gasteiger partial charge is 0.268 e. The molecule has 9 heteroatoms. The number of pyridine rings is 1. The van der Waals surface area contributed by atoms with E-state index < -0.39 is 10.0 Å². The summed E-state index contributed by atoms with van der Waals surface area (Å²) >= 11 is 3.08. The molecular weight excluding hydrogens is 322 g/mol. The Hall–Kier alpha value is -1.48. The van der Waals surface area contributed by atoms with Crippen LogP contribution in [0.5, 0.6) is 0 Å². The van der Waals surface area contributed by atoms with Gasteiger partial charge < -0.3 is 0 Å². The van der Waals surface area contributed by atoms with Crippen molar-refractivity contribution in [2.45, 2.75) is 5.03 Å². The van der Waals surface area contributed by atoms with Crippen molar-refractivity contribution in [2.24, 2.45) is 7.05 Å². The highest BCUT2D eigenvalue weighted by molar-refractivity contribution is 9.10. The zero-order chi connectivity index (χ0) is 13.3. The van der Waals surface area contributed by atoms with Crippen LogP contribution >= 0.6 is 15.9 Å². The molecule has 96 valence electrons. The molecule has 0 amide bonds. The molecule has 0 fully saturated rings. The van der Waals surface area contributed by atoms with E-state index >= 15 is 0 Å². The van der Waals surface area contributed by atoms with Crippen LogP contribution in [0.2, 0.25) is 0 Å². The third-order valence-corrected chi connectivity index (χ3v) is 5.04. The molecule has 7 nitrogen and oxygen atoms in total. The van der Waals surface area contributed by atoms with Crippen molar-refractivity contribution >= 4 is 31.6 Å². The molecule has 0 aromatic carbocycles. The van der Waals surface area contributed by atoms with Crippen molar-refractivity contribution < 1.29 is 8.42 Å². The highest BCUT2D eigenvalue weighted by Gasteiger charge is 2.28. The number of aryl methyl sites for hydroxylation is 1. The Morgan fingerprint density at radius 1 is 1.33 bits per heavy atom. The van der Waals surface area contributed by atoms with Gasteiger partial charge in [-0.25, -0.2) is 4.68 Å². The molecule has 0 atom stereocenters. The fraction of sp³-hybridized carbons (Fsp3) is 0.222. The Bertz CT molecular complexity index is 635.